The maximum Gasteiger partial charge on any atom is 0.433 e. The van der Waals surface area contributed by atoms with E-state index in [1.807, 2.05) is 0 Å². The number of alkyl halides is 3. The average Bonchev–Trinajstić information content (AvgIpc) is 3.29. The minimum atomic E-state index is -4.73. The number of benzene rings is 2. The van der Waals surface area contributed by atoms with E-state index in [2.05, 4.69) is 19.9 Å². The molecule has 0 unspecified atom stereocenters. The number of para-hydroxylation sites is 1. The molecule has 0 radical (unpaired) electrons. The van der Waals surface area contributed by atoms with E-state index >= 15 is 0 Å². The number of nitrogen functional groups attached to an aromatic ring is 1. The molecule has 4 aromatic heterocycles. The number of nitrogens with zero attached hydrogens (tertiary/aromatic N) is 5. The predicted molar refractivity (Wildman–Crippen MR) is 135 cm³/mol. The van der Waals surface area contributed by atoms with Crippen molar-refractivity contribution in [2.24, 2.45) is 0 Å². The monoisotopic (exact) mass is 568 g/mol. The lowest BCUT2D eigenvalue weighted by Gasteiger charge is -2.13. The first kappa shape index (κ1) is 26.2. The van der Waals surface area contributed by atoms with E-state index < -0.39 is 47.1 Å². The van der Waals surface area contributed by atoms with Gasteiger partial charge in [0.15, 0.2) is 17.5 Å². The summed E-state index contributed by atoms with van der Waals surface area (Å²) in [4.78, 5) is 16.5. The molecule has 0 fully saturated rings. The van der Waals surface area contributed by atoms with E-state index in [9.17, 15) is 30.7 Å². The topological polar surface area (TPSA) is 82.0 Å². The van der Waals surface area contributed by atoms with Crippen LogP contribution < -0.4 is 5.73 Å². The number of aromatic nitrogens is 5. The molecule has 6 aromatic rings. The zero-order chi connectivity index (χ0) is 29.1. The first-order valence-corrected chi connectivity index (χ1v) is 11.9. The number of anilines is 1. The fourth-order valence-electron chi connectivity index (χ4n) is 4.56. The van der Waals surface area contributed by atoms with Gasteiger partial charge in [-0.3, -0.25) is 4.40 Å². The molecule has 41 heavy (non-hydrogen) atoms. The SMILES string of the molecule is Nc1nc(-c2nc(Cc3c(F)ccc(F)c3F)n3cc(F)ccc23)ncc1-c1cc(C(F)(F)F)nc2ccccc12. The fourth-order valence-corrected chi connectivity index (χ4v) is 4.56. The van der Waals surface area contributed by atoms with Gasteiger partial charge in [-0.25, -0.2) is 37.5 Å². The Bertz CT molecular complexity index is 1980. The van der Waals surface area contributed by atoms with Gasteiger partial charge in [0.1, 0.15) is 34.7 Å². The van der Waals surface area contributed by atoms with Gasteiger partial charge < -0.3 is 5.73 Å². The summed E-state index contributed by atoms with van der Waals surface area (Å²) >= 11 is 0. The lowest BCUT2D eigenvalue weighted by molar-refractivity contribution is -0.140. The Labute approximate surface area is 226 Å². The molecule has 206 valence electrons. The van der Waals surface area contributed by atoms with Crippen LogP contribution in [0.2, 0.25) is 0 Å². The fraction of sp³-hybridized carbons (Fsp3) is 0.0714. The maximum atomic E-state index is 14.4. The van der Waals surface area contributed by atoms with E-state index in [1.165, 1.54) is 22.7 Å². The molecule has 0 aliphatic carbocycles. The summed E-state index contributed by atoms with van der Waals surface area (Å²) in [7, 11) is 0. The minimum Gasteiger partial charge on any atom is -0.383 e. The molecule has 0 saturated heterocycles. The summed E-state index contributed by atoms with van der Waals surface area (Å²) in [6.45, 7) is 0. The Hall–Kier alpha value is -5.07. The van der Waals surface area contributed by atoms with Crippen molar-refractivity contribution in [2.45, 2.75) is 12.6 Å². The van der Waals surface area contributed by atoms with Crippen LogP contribution in [0.3, 0.4) is 0 Å². The van der Waals surface area contributed by atoms with Gasteiger partial charge in [-0.15, -0.1) is 0 Å². The van der Waals surface area contributed by atoms with Gasteiger partial charge in [-0.05, 0) is 42.0 Å². The largest absolute Gasteiger partial charge is 0.433 e. The third-order valence-corrected chi connectivity index (χ3v) is 6.47. The van der Waals surface area contributed by atoms with Crippen LogP contribution in [0.25, 0.3) is 39.1 Å². The van der Waals surface area contributed by atoms with Crippen LogP contribution >= 0.6 is 0 Å². The highest BCUT2D eigenvalue weighted by Gasteiger charge is 2.34. The van der Waals surface area contributed by atoms with Gasteiger partial charge in [-0.2, -0.15) is 13.2 Å². The summed E-state index contributed by atoms with van der Waals surface area (Å²) in [5.41, 5.74) is 5.03. The van der Waals surface area contributed by atoms with Crippen molar-refractivity contribution in [3.05, 3.63) is 107 Å². The number of halogens is 7. The maximum absolute atomic E-state index is 14.4. The van der Waals surface area contributed by atoms with Gasteiger partial charge in [0.05, 0.1) is 11.0 Å². The molecular weight excluding hydrogens is 553 g/mol. The first-order chi connectivity index (χ1) is 19.5. The normalized spacial score (nSPS) is 12.0. The zero-order valence-corrected chi connectivity index (χ0v) is 20.5. The van der Waals surface area contributed by atoms with Gasteiger partial charge in [0, 0.05) is 35.3 Å². The molecule has 6 rings (SSSR count). The van der Waals surface area contributed by atoms with Gasteiger partial charge in [0.25, 0.3) is 0 Å². The Morgan fingerprint density at radius 3 is 2.34 bits per heavy atom. The molecule has 0 amide bonds. The van der Waals surface area contributed by atoms with Crippen LogP contribution in [0.4, 0.5) is 36.6 Å². The third kappa shape index (κ3) is 4.58. The summed E-state index contributed by atoms with van der Waals surface area (Å²) in [6, 6.07) is 10.9. The predicted octanol–water partition coefficient (Wildman–Crippen LogP) is 6.75. The Kier molecular flexibility index (Phi) is 6.09. The van der Waals surface area contributed by atoms with Gasteiger partial charge >= 0.3 is 6.18 Å². The summed E-state index contributed by atoms with van der Waals surface area (Å²) in [6.07, 6.45) is -3.03. The average molecular weight is 568 g/mol. The van der Waals surface area contributed by atoms with E-state index in [0.717, 1.165) is 24.4 Å². The van der Waals surface area contributed by atoms with Crippen LogP contribution in [-0.4, -0.2) is 24.3 Å². The van der Waals surface area contributed by atoms with Gasteiger partial charge in [0.2, 0.25) is 0 Å². The molecule has 2 N–H and O–H groups in total. The lowest BCUT2D eigenvalue weighted by atomic mass is 10.0. The van der Waals surface area contributed by atoms with E-state index in [1.54, 1.807) is 18.2 Å². The molecular formula is C28H15F7N6. The lowest BCUT2D eigenvalue weighted by Crippen LogP contribution is -2.09. The number of imidazole rings is 1. The second-order valence-electron chi connectivity index (χ2n) is 9.04. The third-order valence-electron chi connectivity index (χ3n) is 6.47. The van der Waals surface area contributed by atoms with Crippen molar-refractivity contribution < 1.29 is 30.7 Å². The van der Waals surface area contributed by atoms with Crippen molar-refractivity contribution in [1.82, 2.24) is 24.3 Å². The molecule has 13 heteroatoms. The van der Waals surface area contributed by atoms with Crippen LogP contribution in [-0.2, 0) is 12.6 Å². The smallest absolute Gasteiger partial charge is 0.383 e. The standard InChI is InChI=1S/C28H15F7N6/c29-13-5-8-21-25(39-23(41(21)12-13)10-16-18(30)6-7-19(31)24(16)32)27-37-11-17(26(36)40-27)15-9-22(28(33,34)35)38-20-4-2-1-3-14(15)20/h1-9,11-12H,10H2,(H2,36,37,40). The van der Waals surface area contributed by atoms with Crippen LogP contribution in [0.1, 0.15) is 17.1 Å². The highest BCUT2D eigenvalue weighted by molar-refractivity contribution is 5.97. The van der Waals surface area contributed by atoms with Crippen LogP contribution in [0.15, 0.2) is 67.0 Å². The van der Waals surface area contributed by atoms with Crippen molar-refractivity contribution >= 4 is 22.2 Å². The highest BCUT2D eigenvalue weighted by atomic mass is 19.4. The van der Waals surface area contributed by atoms with Crippen molar-refractivity contribution in [3.63, 3.8) is 0 Å². The molecule has 0 aliphatic rings. The number of pyridine rings is 2. The Balaban J connectivity index is 1.49. The molecule has 0 aliphatic heterocycles. The van der Waals surface area contributed by atoms with Crippen molar-refractivity contribution in [2.75, 3.05) is 5.73 Å². The number of hydrogen-bond acceptors (Lipinski definition) is 5. The number of nitrogens with two attached hydrogens (primary N) is 1. The zero-order valence-electron chi connectivity index (χ0n) is 20.5. The Morgan fingerprint density at radius 1 is 0.829 bits per heavy atom. The number of rotatable bonds is 4. The molecule has 0 bridgehead atoms. The second-order valence-corrected chi connectivity index (χ2v) is 9.04. The quantitative estimate of drug-likeness (QED) is 0.188. The number of fused-ring (bicyclic) bond motifs is 2. The minimum absolute atomic E-state index is 0.0473. The molecule has 0 atom stereocenters. The van der Waals surface area contributed by atoms with Crippen LogP contribution in [0.5, 0.6) is 0 Å². The first-order valence-electron chi connectivity index (χ1n) is 11.9. The second kappa shape index (κ2) is 9.54. The molecule has 4 heterocycles. The molecule has 6 nitrogen and oxygen atoms in total. The summed E-state index contributed by atoms with van der Waals surface area (Å²) in [5, 5.41) is 0.382. The van der Waals surface area contributed by atoms with Crippen molar-refractivity contribution in [1.29, 1.82) is 0 Å². The van der Waals surface area contributed by atoms with E-state index in [-0.39, 0.29) is 45.3 Å². The van der Waals surface area contributed by atoms with E-state index in [4.69, 9.17) is 5.73 Å². The molecule has 0 saturated carbocycles. The van der Waals surface area contributed by atoms with Crippen LogP contribution in [0, 0.1) is 23.3 Å². The summed E-state index contributed by atoms with van der Waals surface area (Å²) < 4.78 is 98.6. The molecule has 0 spiro atoms. The summed E-state index contributed by atoms with van der Waals surface area (Å²) in [5.74, 6) is -4.72. The highest BCUT2D eigenvalue weighted by Crippen LogP contribution is 2.37. The number of hydrogen-bond donors (Lipinski definition) is 1. The van der Waals surface area contributed by atoms with E-state index in [0.29, 0.717) is 11.5 Å². The molecule has 2 aromatic carbocycles. The Morgan fingerprint density at radius 2 is 1.59 bits per heavy atom. The van der Waals surface area contributed by atoms with Crippen molar-refractivity contribution in [3.8, 4) is 22.6 Å². The van der Waals surface area contributed by atoms with Gasteiger partial charge in [-0.1, -0.05) is 18.2 Å².